The van der Waals surface area contributed by atoms with Crippen LogP contribution in [0.4, 0.5) is 0 Å². The Bertz CT molecular complexity index is 509. The number of nitrogens with one attached hydrogen (secondary N) is 1. The van der Waals surface area contributed by atoms with E-state index in [0.29, 0.717) is 0 Å². The molecule has 5 heteroatoms. The van der Waals surface area contributed by atoms with Crippen molar-refractivity contribution < 1.29 is 13.2 Å². The number of rotatable bonds is 6. The van der Waals surface area contributed by atoms with Gasteiger partial charge in [0.1, 0.15) is 0 Å². The molecule has 0 bridgehead atoms. The Morgan fingerprint density at radius 2 is 1.79 bits per heavy atom. The summed E-state index contributed by atoms with van der Waals surface area (Å²) in [7, 11) is -3.24. The zero-order chi connectivity index (χ0) is 14.5. The van der Waals surface area contributed by atoms with Gasteiger partial charge in [-0.15, -0.1) is 0 Å². The lowest BCUT2D eigenvalue weighted by Gasteiger charge is -2.21. The summed E-state index contributed by atoms with van der Waals surface area (Å²) in [5.74, 6) is -0.140. The fourth-order valence-corrected chi connectivity index (χ4v) is 3.66. The highest BCUT2D eigenvalue weighted by molar-refractivity contribution is 7.90. The maximum atomic E-state index is 12.1. The molecular weight excluding hydrogens is 262 g/mol. The molecule has 0 heterocycles. The van der Waals surface area contributed by atoms with Crippen LogP contribution in [0.15, 0.2) is 30.3 Å². The maximum absolute atomic E-state index is 12.1. The fraction of sp³-hybridized carbons (Fsp3) is 0.500. The van der Waals surface area contributed by atoms with E-state index in [2.05, 4.69) is 5.32 Å². The van der Waals surface area contributed by atoms with Crippen LogP contribution in [0, 0.1) is 5.92 Å². The number of sulfone groups is 1. The van der Waals surface area contributed by atoms with E-state index in [4.69, 9.17) is 0 Å². The first-order valence-electron chi connectivity index (χ1n) is 6.31. The average Bonchev–Trinajstić information content (AvgIpc) is 2.27. The van der Waals surface area contributed by atoms with Gasteiger partial charge in [0.05, 0.1) is 11.5 Å². The topological polar surface area (TPSA) is 63.2 Å². The number of hydrogen-bond donors (Lipinski definition) is 1. The number of carbonyl (C=O) groups excluding carboxylic acids is 1. The predicted octanol–water partition coefficient (Wildman–Crippen LogP) is 1.76. The van der Waals surface area contributed by atoms with E-state index in [0.717, 1.165) is 5.56 Å². The molecule has 0 fully saturated rings. The van der Waals surface area contributed by atoms with Gasteiger partial charge >= 0.3 is 0 Å². The zero-order valence-electron chi connectivity index (χ0n) is 11.6. The van der Waals surface area contributed by atoms with E-state index in [1.54, 1.807) is 12.1 Å². The number of benzene rings is 1. The van der Waals surface area contributed by atoms with Gasteiger partial charge in [-0.1, -0.05) is 44.2 Å². The van der Waals surface area contributed by atoms with Crippen LogP contribution in [-0.4, -0.2) is 26.1 Å². The van der Waals surface area contributed by atoms with Crippen molar-refractivity contribution in [2.24, 2.45) is 5.92 Å². The van der Waals surface area contributed by atoms with Crippen LogP contribution in [0.3, 0.4) is 0 Å². The normalized spacial score (nSPS) is 13.3. The van der Waals surface area contributed by atoms with Crippen molar-refractivity contribution in [1.29, 1.82) is 0 Å². The fourth-order valence-electron chi connectivity index (χ4n) is 1.82. The first-order valence-corrected chi connectivity index (χ1v) is 8.14. The van der Waals surface area contributed by atoms with Gasteiger partial charge in [-0.25, -0.2) is 8.42 Å². The number of amides is 1. The summed E-state index contributed by atoms with van der Waals surface area (Å²) in [5, 5.41) is 2.70. The molecule has 0 aliphatic heterocycles. The van der Waals surface area contributed by atoms with Crippen molar-refractivity contribution in [2.75, 3.05) is 5.75 Å². The van der Waals surface area contributed by atoms with Crippen LogP contribution in [0.25, 0.3) is 0 Å². The lowest BCUT2D eigenvalue weighted by Crippen LogP contribution is -2.42. The lowest BCUT2D eigenvalue weighted by molar-refractivity contribution is -0.119. The van der Waals surface area contributed by atoms with E-state index in [-0.39, 0.29) is 29.4 Å². The monoisotopic (exact) mass is 283 g/mol. The first kappa shape index (κ1) is 15.7. The third-order valence-electron chi connectivity index (χ3n) is 2.86. The smallest absolute Gasteiger partial charge is 0.217 e. The summed E-state index contributed by atoms with van der Waals surface area (Å²) in [6, 6.07) is 8.73. The summed E-state index contributed by atoms with van der Waals surface area (Å²) >= 11 is 0. The highest BCUT2D eigenvalue weighted by atomic mass is 32.2. The second-order valence-corrected chi connectivity index (χ2v) is 7.20. The molecule has 0 saturated carbocycles. The van der Waals surface area contributed by atoms with Gasteiger partial charge in [0.25, 0.3) is 0 Å². The minimum atomic E-state index is -3.24. The molecule has 1 aromatic rings. The molecule has 0 aliphatic carbocycles. The van der Waals surface area contributed by atoms with Crippen LogP contribution in [0.5, 0.6) is 0 Å². The molecule has 1 rings (SSSR count). The summed E-state index contributed by atoms with van der Waals surface area (Å²) in [6.07, 6.45) is 0. The molecule has 0 unspecified atom stereocenters. The quantitative estimate of drug-likeness (QED) is 0.865. The van der Waals surface area contributed by atoms with Crippen molar-refractivity contribution in [1.82, 2.24) is 5.32 Å². The Labute approximate surface area is 115 Å². The zero-order valence-corrected chi connectivity index (χ0v) is 12.4. The van der Waals surface area contributed by atoms with E-state index >= 15 is 0 Å². The summed E-state index contributed by atoms with van der Waals surface area (Å²) in [5.41, 5.74) is 0.771. The number of carbonyl (C=O) groups is 1. The highest BCUT2D eigenvalue weighted by Gasteiger charge is 2.23. The molecule has 1 amide bonds. The third-order valence-corrected chi connectivity index (χ3v) is 4.50. The van der Waals surface area contributed by atoms with Gasteiger partial charge in [-0.3, -0.25) is 4.79 Å². The van der Waals surface area contributed by atoms with Gasteiger partial charge in [0.2, 0.25) is 5.91 Å². The Morgan fingerprint density at radius 3 is 2.26 bits per heavy atom. The van der Waals surface area contributed by atoms with Crippen molar-refractivity contribution >= 4 is 15.7 Å². The summed E-state index contributed by atoms with van der Waals surface area (Å²) < 4.78 is 24.3. The predicted molar refractivity (Wildman–Crippen MR) is 76.4 cm³/mol. The Morgan fingerprint density at radius 1 is 1.21 bits per heavy atom. The van der Waals surface area contributed by atoms with E-state index in [1.807, 2.05) is 32.0 Å². The molecule has 4 nitrogen and oxygen atoms in total. The van der Waals surface area contributed by atoms with Gasteiger partial charge in [0, 0.05) is 13.0 Å². The van der Waals surface area contributed by atoms with E-state index in [9.17, 15) is 13.2 Å². The lowest BCUT2D eigenvalue weighted by atomic mass is 10.1. The van der Waals surface area contributed by atoms with Gasteiger partial charge in [0.15, 0.2) is 9.84 Å². The molecule has 0 radical (unpaired) electrons. The van der Waals surface area contributed by atoms with Gasteiger partial charge in [-0.05, 0) is 11.5 Å². The standard InChI is InChI=1S/C14H21NO3S/c1-11(2)14(15-12(3)16)10-19(17,18)9-13-7-5-4-6-8-13/h4-8,11,14H,9-10H2,1-3H3,(H,15,16)/t14-/m1/s1. The summed E-state index contributed by atoms with van der Waals surface area (Å²) in [6.45, 7) is 5.20. The van der Waals surface area contributed by atoms with Crippen molar-refractivity contribution in [3.8, 4) is 0 Å². The molecule has 106 valence electrons. The first-order chi connectivity index (χ1) is 8.80. The second-order valence-electron chi connectivity index (χ2n) is 5.09. The molecule has 0 saturated heterocycles. The Balaban J connectivity index is 2.74. The molecule has 1 atom stereocenters. The minimum absolute atomic E-state index is 0.0106. The summed E-state index contributed by atoms with van der Waals surface area (Å²) in [4.78, 5) is 11.1. The van der Waals surface area contributed by atoms with E-state index < -0.39 is 9.84 Å². The largest absolute Gasteiger partial charge is 0.352 e. The van der Waals surface area contributed by atoms with Crippen LogP contribution in [0.1, 0.15) is 26.3 Å². The molecule has 19 heavy (non-hydrogen) atoms. The highest BCUT2D eigenvalue weighted by Crippen LogP contribution is 2.11. The van der Waals surface area contributed by atoms with Crippen LogP contribution in [-0.2, 0) is 20.4 Å². The molecule has 0 aromatic heterocycles. The Kier molecular flexibility index (Phi) is 5.54. The van der Waals surface area contributed by atoms with Crippen molar-refractivity contribution in [3.63, 3.8) is 0 Å². The van der Waals surface area contributed by atoms with Crippen molar-refractivity contribution in [3.05, 3.63) is 35.9 Å². The Hall–Kier alpha value is -1.36. The van der Waals surface area contributed by atoms with E-state index in [1.165, 1.54) is 6.92 Å². The molecule has 1 aromatic carbocycles. The van der Waals surface area contributed by atoms with Crippen LogP contribution >= 0.6 is 0 Å². The minimum Gasteiger partial charge on any atom is -0.352 e. The van der Waals surface area contributed by atoms with Gasteiger partial charge < -0.3 is 5.32 Å². The number of hydrogen-bond acceptors (Lipinski definition) is 3. The molecule has 1 N–H and O–H groups in total. The second kappa shape index (κ2) is 6.70. The SMILES string of the molecule is CC(=O)N[C@H](CS(=O)(=O)Cc1ccccc1)C(C)C. The molecular formula is C14H21NO3S. The average molecular weight is 283 g/mol. The molecule has 0 aliphatic rings. The maximum Gasteiger partial charge on any atom is 0.217 e. The van der Waals surface area contributed by atoms with Crippen LogP contribution < -0.4 is 5.32 Å². The third kappa shape index (κ3) is 5.87. The van der Waals surface area contributed by atoms with Gasteiger partial charge in [-0.2, -0.15) is 0 Å². The molecule has 0 spiro atoms. The van der Waals surface area contributed by atoms with Crippen molar-refractivity contribution in [2.45, 2.75) is 32.6 Å². The van der Waals surface area contributed by atoms with Crippen LogP contribution in [0.2, 0.25) is 0 Å².